The fourth-order valence-electron chi connectivity index (χ4n) is 3.61. The second-order valence-corrected chi connectivity index (χ2v) is 9.40. The first-order chi connectivity index (χ1) is 15.1. The number of aromatic nitrogens is 2. The number of nitrogens with one attached hydrogen (secondary N) is 2. The van der Waals surface area contributed by atoms with Gasteiger partial charge in [-0.2, -0.15) is 0 Å². The highest BCUT2D eigenvalue weighted by atomic mass is 35.5. The molecule has 0 aliphatic carbocycles. The van der Waals surface area contributed by atoms with E-state index in [1.54, 1.807) is 41.0 Å². The molecule has 0 radical (unpaired) electrons. The number of sulfonamides is 1. The van der Waals surface area contributed by atoms with Crippen LogP contribution in [-0.2, 0) is 16.6 Å². The largest absolute Gasteiger partial charge is 0.331 e. The normalized spacial score (nSPS) is 11.6. The number of fused-ring (bicyclic) bond motifs is 1. The molecule has 4 rings (SSSR count). The maximum atomic E-state index is 13.4. The molecule has 0 fully saturated rings. The molecule has 1 amide bonds. The Hall–Kier alpha value is -3.43. The summed E-state index contributed by atoms with van der Waals surface area (Å²) in [6.45, 7) is 0.121. The summed E-state index contributed by atoms with van der Waals surface area (Å²) in [5.74, 6) is -1.32. The lowest BCUT2D eigenvalue weighted by Gasteiger charge is -2.12. The molecule has 0 atom stereocenters. The number of nitrogens with zero attached hydrogens (tertiary/aromatic N) is 1. The minimum Gasteiger partial charge on any atom is -0.331 e. The maximum Gasteiger partial charge on any atom is 0.282 e. The van der Waals surface area contributed by atoms with Crippen LogP contribution in [0.25, 0.3) is 22.0 Å². The lowest BCUT2D eigenvalue weighted by molar-refractivity contribution is 0.0974. The highest BCUT2D eigenvalue weighted by Crippen LogP contribution is 2.36. The Labute approximate surface area is 187 Å². The average Bonchev–Trinajstić information content (AvgIpc) is 3.02. The van der Waals surface area contributed by atoms with Gasteiger partial charge in [-0.3, -0.25) is 9.59 Å². The van der Waals surface area contributed by atoms with E-state index in [0.29, 0.717) is 21.5 Å². The molecule has 164 valence electrons. The second-order valence-electron chi connectivity index (χ2n) is 7.21. The van der Waals surface area contributed by atoms with Crippen molar-refractivity contribution >= 4 is 38.4 Å². The van der Waals surface area contributed by atoms with E-state index < -0.39 is 27.3 Å². The molecule has 0 bridgehead atoms. The summed E-state index contributed by atoms with van der Waals surface area (Å²) >= 11 is 6.21. The van der Waals surface area contributed by atoms with Crippen LogP contribution in [0, 0.1) is 5.82 Å². The molecular formula is C22H17ClFN3O4S. The number of H-pyrrole nitrogens is 1. The van der Waals surface area contributed by atoms with Crippen LogP contribution in [-0.4, -0.2) is 30.1 Å². The van der Waals surface area contributed by atoms with E-state index in [2.05, 4.69) is 4.98 Å². The van der Waals surface area contributed by atoms with E-state index in [4.69, 9.17) is 11.6 Å². The number of halogens is 2. The summed E-state index contributed by atoms with van der Waals surface area (Å²) in [4.78, 5) is 28.4. The molecule has 7 nitrogen and oxygen atoms in total. The Morgan fingerprint density at radius 3 is 2.53 bits per heavy atom. The molecule has 2 aromatic heterocycles. The molecule has 0 aliphatic heterocycles. The predicted molar refractivity (Wildman–Crippen MR) is 121 cm³/mol. The number of hydrogen-bond acceptors (Lipinski definition) is 4. The van der Waals surface area contributed by atoms with E-state index in [-0.39, 0.29) is 23.4 Å². The first kappa shape index (κ1) is 21.8. The van der Waals surface area contributed by atoms with Crippen LogP contribution in [0.5, 0.6) is 0 Å². The van der Waals surface area contributed by atoms with Gasteiger partial charge in [-0.1, -0.05) is 23.7 Å². The van der Waals surface area contributed by atoms with Crippen LogP contribution in [0.2, 0.25) is 5.02 Å². The van der Waals surface area contributed by atoms with E-state index >= 15 is 0 Å². The summed E-state index contributed by atoms with van der Waals surface area (Å²) in [6, 6.07) is 13.7. The maximum absolute atomic E-state index is 13.4. The van der Waals surface area contributed by atoms with Crippen molar-refractivity contribution in [2.45, 2.75) is 6.54 Å². The van der Waals surface area contributed by atoms with Gasteiger partial charge in [0.1, 0.15) is 11.5 Å². The highest BCUT2D eigenvalue weighted by molar-refractivity contribution is 7.89. The molecule has 0 spiro atoms. The van der Waals surface area contributed by atoms with Crippen LogP contribution in [0.15, 0.2) is 65.6 Å². The van der Waals surface area contributed by atoms with Crippen molar-refractivity contribution in [2.24, 2.45) is 0 Å². The number of carbonyl (C=O) groups excluding carboxylic acids is 1. The Kier molecular flexibility index (Phi) is 5.62. The number of carbonyl (C=O) groups is 1. The predicted octanol–water partition coefficient (Wildman–Crippen LogP) is 3.53. The summed E-state index contributed by atoms with van der Waals surface area (Å²) in [6.07, 6.45) is 2.32. The van der Waals surface area contributed by atoms with Crippen molar-refractivity contribution in [3.8, 4) is 11.1 Å². The second kappa shape index (κ2) is 8.25. The third-order valence-electron chi connectivity index (χ3n) is 4.86. The number of amides is 1. The zero-order valence-electron chi connectivity index (χ0n) is 16.7. The third-order valence-corrected chi connectivity index (χ3v) is 5.65. The lowest BCUT2D eigenvalue weighted by Crippen LogP contribution is -2.31. The fraction of sp³-hybridized carbons (Fsp3) is 0.0909. The smallest absolute Gasteiger partial charge is 0.282 e. The number of pyridine rings is 1. The molecule has 0 saturated heterocycles. The van der Waals surface area contributed by atoms with Crippen molar-refractivity contribution in [3.05, 3.63) is 93.2 Å². The van der Waals surface area contributed by atoms with Crippen molar-refractivity contribution in [2.75, 3.05) is 6.26 Å². The highest BCUT2D eigenvalue weighted by Gasteiger charge is 2.27. The van der Waals surface area contributed by atoms with Gasteiger partial charge in [0.2, 0.25) is 10.0 Å². The van der Waals surface area contributed by atoms with Crippen LogP contribution in [0.3, 0.4) is 0 Å². The molecule has 2 heterocycles. The SMILES string of the molecule is CS(=O)(=O)NC(=O)c1c(-c2ccc[nH]c2=O)c2cc(Cl)ccc2n1Cc1ccc(F)cc1. The van der Waals surface area contributed by atoms with Crippen molar-refractivity contribution in [1.29, 1.82) is 0 Å². The molecule has 4 aromatic rings. The topological polar surface area (TPSA) is 101 Å². The standard InChI is InChI=1S/C22H17ClFN3O4S/c1-32(30,31)26-22(29)20-19(16-3-2-10-25-21(16)28)17-11-14(23)6-9-18(17)27(20)12-13-4-7-15(24)8-5-13/h2-11H,12H2,1H3,(H,25,28)(H,26,29). The average molecular weight is 474 g/mol. The quantitative estimate of drug-likeness (QED) is 0.463. The Morgan fingerprint density at radius 1 is 1.16 bits per heavy atom. The molecule has 0 saturated carbocycles. The van der Waals surface area contributed by atoms with Gasteiger partial charge in [-0.25, -0.2) is 17.5 Å². The van der Waals surface area contributed by atoms with E-state index in [0.717, 1.165) is 6.26 Å². The van der Waals surface area contributed by atoms with E-state index in [1.165, 1.54) is 24.4 Å². The zero-order chi connectivity index (χ0) is 23.0. The van der Waals surface area contributed by atoms with Crippen molar-refractivity contribution in [3.63, 3.8) is 0 Å². The van der Waals surface area contributed by atoms with Gasteiger partial charge in [0, 0.05) is 39.8 Å². The summed E-state index contributed by atoms with van der Waals surface area (Å²) in [5, 5.41) is 0.870. The molecule has 2 N–H and O–H groups in total. The molecular weight excluding hydrogens is 457 g/mol. The molecule has 0 unspecified atom stereocenters. The molecule has 0 aliphatic rings. The van der Waals surface area contributed by atoms with Crippen molar-refractivity contribution < 1.29 is 17.6 Å². The van der Waals surface area contributed by atoms with Gasteiger partial charge in [0.25, 0.3) is 11.5 Å². The van der Waals surface area contributed by atoms with Gasteiger partial charge < -0.3 is 9.55 Å². The summed E-state index contributed by atoms with van der Waals surface area (Å²) < 4.78 is 40.6. The fourth-order valence-corrected chi connectivity index (χ4v) is 4.21. The molecule has 10 heteroatoms. The summed E-state index contributed by atoms with van der Waals surface area (Å²) in [7, 11) is -3.90. The first-order valence-electron chi connectivity index (χ1n) is 9.40. The first-order valence-corrected chi connectivity index (χ1v) is 11.7. The number of hydrogen-bond donors (Lipinski definition) is 2. The van der Waals surface area contributed by atoms with E-state index in [1.807, 2.05) is 4.72 Å². The van der Waals surface area contributed by atoms with Gasteiger partial charge in [-0.15, -0.1) is 0 Å². The Morgan fingerprint density at radius 2 is 1.88 bits per heavy atom. The number of aromatic amines is 1. The lowest BCUT2D eigenvalue weighted by atomic mass is 10.0. The minimum absolute atomic E-state index is 0.0336. The number of rotatable bonds is 5. The van der Waals surface area contributed by atoms with Gasteiger partial charge in [-0.05, 0) is 48.0 Å². The molecule has 32 heavy (non-hydrogen) atoms. The number of benzene rings is 2. The Bertz CT molecular complexity index is 1510. The van der Waals surface area contributed by atoms with Crippen LogP contribution in [0.4, 0.5) is 4.39 Å². The van der Waals surface area contributed by atoms with Gasteiger partial charge in [0.05, 0.1) is 6.26 Å². The van der Waals surface area contributed by atoms with Gasteiger partial charge >= 0.3 is 0 Å². The third kappa shape index (κ3) is 4.30. The van der Waals surface area contributed by atoms with Crippen molar-refractivity contribution in [1.82, 2.24) is 14.3 Å². The monoisotopic (exact) mass is 473 g/mol. The summed E-state index contributed by atoms with van der Waals surface area (Å²) in [5.41, 5.74) is 1.15. The molecule has 2 aromatic carbocycles. The van der Waals surface area contributed by atoms with Crippen LogP contribution in [0.1, 0.15) is 16.1 Å². The minimum atomic E-state index is -3.90. The van der Waals surface area contributed by atoms with Gasteiger partial charge in [0.15, 0.2) is 0 Å². The zero-order valence-corrected chi connectivity index (χ0v) is 18.3. The van der Waals surface area contributed by atoms with Crippen LogP contribution < -0.4 is 10.3 Å². The van der Waals surface area contributed by atoms with E-state index in [9.17, 15) is 22.4 Å². The Balaban J connectivity index is 2.07. The van der Waals surface area contributed by atoms with Crippen LogP contribution >= 0.6 is 11.6 Å².